The van der Waals surface area contributed by atoms with Crippen LogP contribution in [0.1, 0.15) is 25.3 Å². The Morgan fingerprint density at radius 2 is 1.95 bits per heavy atom. The first-order chi connectivity index (χ1) is 9.32. The van der Waals surface area contributed by atoms with Crippen LogP contribution in [0.2, 0.25) is 0 Å². The molecule has 0 saturated carbocycles. The highest BCUT2D eigenvalue weighted by atomic mass is 19.2. The van der Waals surface area contributed by atoms with Gasteiger partial charge in [-0.05, 0) is 32.4 Å². The lowest BCUT2D eigenvalue weighted by atomic mass is 9.82. The maximum absolute atomic E-state index is 13.6. The third-order valence-corrected chi connectivity index (χ3v) is 3.78. The molecule has 6 heteroatoms. The molecule has 1 unspecified atom stereocenters. The van der Waals surface area contributed by atoms with Crippen molar-refractivity contribution in [2.45, 2.75) is 26.3 Å². The van der Waals surface area contributed by atoms with Gasteiger partial charge in [-0.15, -0.1) is 0 Å². The highest BCUT2D eigenvalue weighted by molar-refractivity contribution is 5.74. The Balaban J connectivity index is 2.14. The zero-order valence-electron chi connectivity index (χ0n) is 11.1. The molecule has 0 aliphatic carbocycles. The Morgan fingerprint density at radius 1 is 1.30 bits per heavy atom. The summed E-state index contributed by atoms with van der Waals surface area (Å²) in [6.07, 6.45) is 1.23. The Bertz CT molecular complexity index is 535. The molecule has 1 aliphatic heterocycles. The van der Waals surface area contributed by atoms with E-state index < -0.39 is 28.8 Å². The minimum absolute atomic E-state index is 0.0403. The molecule has 1 N–H and O–H groups in total. The van der Waals surface area contributed by atoms with Gasteiger partial charge in [-0.1, -0.05) is 0 Å². The molecule has 1 heterocycles. The van der Waals surface area contributed by atoms with Gasteiger partial charge in [0.1, 0.15) is 5.82 Å². The summed E-state index contributed by atoms with van der Waals surface area (Å²) in [5.74, 6) is -4.03. The van der Waals surface area contributed by atoms with Gasteiger partial charge in [0.2, 0.25) is 0 Å². The molecule has 0 bridgehead atoms. The molecule has 1 aromatic rings. The first-order valence-corrected chi connectivity index (χ1v) is 6.41. The predicted octanol–water partition coefficient (Wildman–Crippen LogP) is 2.79. The van der Waals surface area contributed by atoms with E-state index in [1.807, 2.05) is 0 Å². The molecular formula is C14H16F3NO2. The minimum Gasteiger partial charge on any atom is -0.481 e. The number of carbonyl (C=O) groups is 1. The van der Waals surface area contributed by atoms with E-state index in [1.165, 1.54) is 0 Å². The Labute approximate surface area is 115 Å². The number of carboxylic acid groups (broad SMARTS) is 1. The summed E-state index contributed by atoms with van der Waals surface area (Å²) in [7, 11) is 0. The van der Waals surface area contributed by atoms with Crippen molar-refractivity contribution in [1.82, 2.24) is 4.90 Å². The van der Waals surface area contributed by atoms with Gasteiger partial charge < -0.3 is 5.11 Å². The van der Waals surface area contributed by atoms with Gasteiger partial charge in [0, 0.05) is 24.7 Å². The first-order valence-electron chi connectivity index (χ1n) is 6.41. The summed E-state index contributed by atoms with van der Waals surface area (Å²) in [5, 5.41) is 9.21. The fourth-order valence-corrected chi connectivity index (χ4v) is 2.58. The van der Waals surface area contributed by atoms with Crippen LogP contribution in [0.3, 0.4) is 0 Å². The molecule has 1 fully saturated rings. The number of hydrogen-bond donors (Lipinski definition) is 1. The third kappa shape index (κ3) is 2.95. The number of hydrogen-bond acceptors (Lipinski definition) is 2. The van der Waals surface area contributed by atoms with E-state index >= 15 is 0 Å². The van der Waals surface area contributed by atoms with Gasteiger partial charge in [-0.25, -0.2) is 13.2 Å². The summed E-state index contributed by atoms with van der Waals surface area (Å²) < 4.78 is 39.6. The van der Waals surface area contributed by atoms with Crippen molar-refractivity contribution in [3.63, 3.8) is 0 Å². The molecule has 0 amide bonds. The third-order valence-electron chi connectivity index (χ3n) is 3.78. The summed E-state index contributed by atoms with van der Waals surface area (Å²) in [6.45, 7) is 2.59. The lowest BCUT2D eigenvalue weighted by Crippen LogP contribution is -2.45. The van der Waals surface area contributed by atoms with Crippen molar-refractivity contribution in [3.05, 3.63) is 35.1 Å². The van der Waals surface area contributed by atoms with Crippen LogP contribution in [0.5, 0.6) is 0 Å². The molecule has 20 heavy (non-hydrogen) atoms. The number of carboxylic acids is 1. The Kier molecular flexibility index (Phi) is 4.04. The van der Waals surface area contributed by atoms with Gasteiger partial charge in [-0.3, -0.25) is 9.69 Å². The van der Waals surface area contributed by atoms with Gasteiger partial charge in [0.05, 0.1) is 5.41 Å². The molecule has 0 aromatic heterocycles. The van der Waals surface area contributed by atoms with Crippen LogP contribution in [-0.4, -0.2) is 29.1 Å². The van der Waals surface area contributed by atoms with Gasteiger partial charge in [0.25, 0.3) is 0 Å². The van der Waals surface area contributed by atoms with E-state index in [0.29, 0.717) is 25.5 Å². The highest BCUT2D eigenvalue weighted by Gasteiger charge is 2.37. The fraction of sp³-hybridized carbons (Fsp3) is 0.500. The predicted molar refractivity (Wildman–Crippen MR) is 66.6 cm³/mol. The van der Waals surface area contributed by atoms with Crippen LogP contribution in [-0.2, 0) is 11.3 Å². The molecule has 0 radical (unpaired) electrons. The maximum atomic E-state index is 13.6. The van der Waals surface area contributed by atoms with Crippen molar-refractivity contribution in [1.29, 1.82) is 0 Å². The lowest BCUT2D eigenvalue weighted by Gasteiger charge is -2.37. The van der Waals surface area contributed by atoms with Gasteiger partial charge >= 0.3 is 5.97 Å². The molecule has 110 valence electrons. The van der Waals surface area contributed by atoms with Gasteiger partial charge in [-0.2, -0.15) is 0 Å². The standard InChI is InChI=1S/C14H16F3NO2/c1-14(13(19)20)3-2-4-18(8-14)7-9-5-11(16)12(17)6-10(9)15/h5-6H,2-4,7-8H2,1H3,(H,19,20). The normalized spacial score (nSPS) is 23.8. The molecule has 0 spiro atoms. The smallest absolute Gasteiger partial charge is 0.310 e. The van der Waals surface area contributed by atoms with E-state index in [1.54, 1.807) is 11.8 Å². The van der Waals surface area contributed by atoms with Crippen molar-refractivity contribution in [2.75, 3.05) is 13.1 Å². The lowest BCUT2D eigenvalue weighted by molar-refractivity contribution is -0.151. The van der Waals surface area contributed by atoms with Crippen LogP contribution in [0.25, 0.3) is 0 Å². The van der Waals surface area contributed by atoms with E-state index in [9.17, 15) is 23.1 Å². The van der Waals surface area contributed by atoms with E-state index in [4.69, 9.17) is 0 Å². The van der Waals surface area contributed by atoms with E-state index in [0.717, 1.165) is 6.07 Å². The molecule has 1 atom stereocenters. The Morgan fingerprint density at radius 3 is 2.60 bits per heavy atom. The minimum atomic E-state index is -1.22. The highest BCUT2D eigenvalue weighted by Crippen LogP contribution is 2.30. The van der Waals surface area contributed by atoms with Crippen molar-refractivity contribution >= 4 is 5.97 Å². The second kappa shape index (κ2) is 5.44. The van der Waals surface area contributed by atoms with Crippen molar-refractivity contribution in [2.24, 2.45) is 5.41 Å². The molecule has 1 saturated heterocycles. The monoisotopic (exact) mass is 287 g/mol. The number of rotatable bonds is 3. The largest absolute Gasteiger partial charge is 0.481 e. The second-order valence-electron chi connectivity index (χ2n) is 5.54. The van der Waals surface area contributed by atoms with Crippen molar-refractivity contribution in [3.8, 4) is 0 Å². The number of benzene rings is 1. The van der Waals surface area contributed by atoms with Gasteiger partial charge in [0.15, 0.2) is 11.6 Å². The summed E-state index contributed by atoms with van der Waals surface area (Å²) in [5.41, 5.74) is -0.841. The zero-order chi connectivity index (χ0) is 14.9. The van der Waals surface area contributed by atoms with E-state index in [-0.39, 0.29) is 18.7 Å². The SMILES string of the molecule is CC1(C(=O)O)CCCN(Cc2cc(F)c(F)cc2F)C1. The average Bonchev–Trinajstić information content (AvgIpc) is 2.36. The molecule has 3 nitrogen and oxygen atoms in total. The van der Waals surface area contributed by atoms with Crippen LogP contribution in [0.15, 0.2) is 12.1 Å². The fourth-order valence-electron chi connectivity index (χ4n) is 2.58. The zero-order valence-corrected chi connectivity index (χ0v) is 11.1. The van der Waals surface area contributed by atoms with Crippen LogP contribution in [0.4, 0.5) is 13.2 Å². The summed E-state index contributed by atoms with van der Waals surface area (Å²) in [4.78, 5) is 13.0. The molecule has 1 aliphatic rings. The molecular weight excluding hydrogens is 271 g/mol. The second-order valence-corrected chi connectivity index (χ2v) is 5.54. The van der Waals surface area contributed by atoms with Crippen LogP contribution < -0.4 is 0 Å². The van der Waals surface area contributed by atoms with Crippen LogP contribution in [0, 0.1) is 22.9 Å². The van der Waals surface area contributed by atoms with E-state index in [2.05, 4.69) is 0 Å². The number of halogens is 3. The number of nitrogens with zero attached hydrogens (tertiary/aromatic N) is 1. The maximum Gasteiger partial charge on any atom is 0.310 e. The average molecular weight is 287 g/mol. The molecule has 1 aromatic carbocycles. The number of aliphatic carboxylic acids is 1. The van der Waals surface area contributed by atoms with Crippen LogP contribution >= 0.6 is 0 Å². The van der Waals surface area contributed by atoms with Crippen molar-refractivity contribution < 1.29 is 23.1 Å². The number of piperidine rings is 1. The molecule has 2 rings (SSSR count). The first kappa shape index (κ1) is 14.8. The quantitative estimate of drug-likeness (QED) is 0.869. The number of likely N-dealkylation sites (tertiary alicyclic amines) is 1. The summed E-state index contributed by atoms with van der Waals surface area (Å²) >= 11 is 0. The Hall–Kier alpha value is -1.56. The topological polar surface area (TPSA) is 40.5 Å². The summed E-state index contributed by atoms with van der Waals surface area (Å²) in [6, 6.07) is 1.35.